The molecule has 0 radical (unpaired) electrons. The molecule has 0 bridgehead atoms. The summed E-state index contributed by atoms with van der Waals surface area (Å²) in [6.07, 6.45) is -0.629. The van der Waals surface area contributed by atoms with E-state index >= 15 is 0 Å². The largest absolute Gasteiger partial charge is 0.502 e. The van der Waals surface area contributed by atoms with Crippen LogP contribution in [0.15, 0.2) is 24.3 Å². The maximum atomic E-state index is 12.2. The molecule has 8 nitrogen and oxygen atoms in total. The van der Waals surface area contributed by atoms with Gasteiger partial charge in [-0.25, -0.2) is 0 Å². The summed E-state index contributed by atoms with van der Waals surface area (Å²) in [7, 11) is 2.94. The zero-order valence-electron chi connectivity index (χ0n) is 16.6. The molecule has 1 saturated heterocycles. The molecule has 0 saturated carbocycles. The van der Waals surface area contributed by atoms with Crippen molar-refractivity contribution in [3.8, 4) is 28.7 Å². The lowest BCUT2D eigenvalue weighted by molar-refractivity contribution is -0.158. The fraction of sp³-hybridized carbons (Fsp3) is 0.409. The Labute approximate surface area is 172 Å². The van der Waals surface area contributed by atoms with Crippen LogP contribution in [0.2, 0.25) is 0 Å². The smallest absolute Gasteiger partial charge is 0.306 e. The third kappa shape index (κ3) is 2.74. The van der Waals surface area contributed by atoms with Gasteiger partial charge in [-0.05, 0) is 46.9 Å². The molecule has 0 amide bonds. The van der Waals surface area contributed by atoms with Crippen LogP contribution >= 0.6 is 0 Å². The summed E-state index contributed by atoms with van der Waals surface area (Å²) in [6.45, 7) is 0.260. The van der Waals surface area contributed by atoms with E-state index in [1.807, 2.05) is 6.07 Å². The van der Waals surface area contributed by atoms with Crippen molar-refractivity contribution in [2.45, 2.75) is 18.4 Å². The third-order valence-corrected chi connectivity index (χ3v) is 6.32. The minimum Gasteiger partial charge on any atom is -0.502 e. The highest BCUT2D eigenvalue weighted by atomic mass is 16.7. The quantitative estimate of drug-likeness (QED) is 0.739. The van der Waals surface area contributed by atoms with E-state index in [1.54, 1.807) is 18.2 Å². The van der Waals surface area contributed by atoms with Gasteiger partial charge in [0.2, 0.25) is 12.5 Å². The van der Waals surface area contributed by atoms with Crippen molar-refractivity contribution in [1.29, 1.82) is 0 Å². The van der Waals surface area contributed by atoms with Crippen LogP contribution in [0.1, 0.15) is 35.1 Å². The van der Waals surface area contributed by atoms with Crippen molar-refractivity contribution in [2.24, 2.45) is 11.8 Å². The van der Waals surface area contributed by atoms with E-state index in [1.165, 1.54) is 14.2 Å². The highest BCUT2D eigenvalue weighted by Gasteiger charge is 2.47. The normalized spacial score (nSPS) is 26.4. The molecule has 1 aliphatic carbocycles. The molecule has 1 fully saturated rings. The van der Waals surface area contributed by atoms with E-state index in [0.717, 1.165) is 16.7 Å². The van der Waals surface area contributed by atoms with Gasteiger partial charge in [0.25, 0.3) is 0 Å². The first-order valence-corrected chi connectivity index (χ1v) is 9.73. The van der Waals surface area contributed by atoms with E-state index in [9.17, 15) is 15.0 Å². The zero-order valence-corrected chi connectivity index (χ0v) is 16.6. The number of methoxy groups -OCH3 is 2. The molecule has 2 N–H and O–H groups in total. The lowest BCUT2D eigenvalue weighted by Crippen LogP contribution is -2.42. The van der Waals surface area contributed by atoms with Crippen LogP contribution in [0.4, 0.5) is 0 Å². The van der Waals surface area contributed by atoms with Crippen LogP contribution in [0.5, 0.6) is 28.7 Å². The number of benzene rings is 2. The summed E-state index contributed by atoms with van der Waals surface area (Å²) in [4.78, 5) is 12.2. The minimum atomic E-state index is -0.801. The second-order valence-electron chi connectivity index (χ2n) is 7.75. The number of carbonyl (C=O) groups excluding carboxylic acids is 1. The molecule has 2 aromatic rings. The third-order valence-electron chi connectivity index (χ3n) is 6.32. The van der Waals surface area contributed by atoms with E-state index in [-0.39, 0.29) is 60.8 Å². The van der Waals surface area contributed by atoms with Gasteiger partial charge in [-0.3, -0.25) is 4.79 Å². The van der Waals surface area contributed by atoms with Gasteiger partial charge in [0.1, 0.15) is 0 Å². The summed E-state index contributed by atoms with van der Waals surface area (Å²) in [5.41, 5.74) is 2.37. The van der Waals surface area contributed by atoms with E-state index in [4.69, 9.17) is 23.7 Å². The van der Waals surface area contributed by atoms with Gasteiger partial charge >= 0.3 is 5.97 Å². The molecular weight excluding hydrogens is 392 g/mol. The summed E-state index contributed by atoms with van der Waals surface area (Å²) in [5.74, 6) is 0.596. The van der Waals surface area contributed by atoms with Gasteiger partial charge in [0, 0.05) is 18.3 Å². The number of aliphatic hydroxyl groups excluding tert-OH is 1. The van der Waals surface area contributed by atoms with Crippen molar-refractivity contribution in [1.82, 2.24) is 0 Å². The van der Waals surface area contributed by atoms with Crippen molar-refractivity contribution in [2.75, 3.05) is 27.6 Å². The Hall–Kier alpha value is -3.13. The van der Waals surface area contributed by atoms with Crippen LogP contribution in [-0.4, -0.2) is 43.8 Å². The molecule has 0 spiro atoms. The Bertz CT molecular complexity index is 991. The Morgan fingerprint density at radius 3 is 2.20 bits per heavy atom. The predicted octanol–water partition coefficient (Wildman–Crippen LogP) is 2.50. The molecule has 8 heteroatoms. The van der Waals surface area contributed by atoms with Crippen molar-refractivity contribution in [3.05, 3.63) is 41.0 Å². The topological polar surface area (TPSA) is 104 Å². The maximum Gasteiger partial charge on any atom is 0.306 e. The number of fused-ring (bicyclic) bond motifs is 3. The number of ether oxygens (including phenoxy) is 5. The first-order chi connectivity index (χ1) is 14.5. The highest BCUT2D eigenvalue weighted by molar-refractivity contribution is 5.71. The highest BCUT2D eigenvalue weighted by Crippen LogP contribution is 2.55. The Balaban J connectivity index is 1.73. The first kappa shape index (κ1) is 18.9. The average Bonchev–Trinajstić information content (AvgIpc) is 3.21. The number of rotatable bonds is 3. The predicted molar refractivity (Wildman–Crippen MR) is 103 cm³/mol. The Kier molecular flexibility index (Phi) is 4.39. The fourth-order valence-corrected chi connectivity index (χ4v) is 4.89. The number of aliphatic hydroxyl groups is 1. The van der Waals surface area contributed by atoms with Crippen LogP contribution in [0.3, 0.4) is 0 Å². The van der Waals surface area contributed by atoms with Gasteiger partial charge < -0.3 is 33.9 Å². The van der Waals surface area contributed by atoms with Crippen LogP contribution in [-0.2, 0) is 9.53 Å². The minimum absolute atomic E-state index is 0.0925. The van der Waals surface area contributed by atoms with Gasteiger partial charge in [0.05, 0.1) is 26.9 Å². The molecule has 2 aromatic carbocycles. The van der Waals surface area contributed by atoms with Crippen molar-refractivity contribution < 1.29 is 38.7 Å². The summed E-state index contributed by atoms with van der Waals surface area (Å²) in [5, 5.41) is 21.5. The van der Waals surface area contributed by atoms with Crippen LogP contribution in [0, 0.1) is 11.8 Å². The number of carbonyl (C=O) groups is 1. The molecule has 5 rings (SSSR count). The van der Waals surface area contributed by atoms with E-state index in [2.05, 4.69) is 0 Å². The average molecular weight is 414 g/mol. The standard InChI is InChI=1S/C22H22O8/c1-26-17-3-10(4-18(27-2)22(17)25)20-11-5-15-16(30-9-29-15)6-13(11)21(24)14-8-28-19(23)7-12(14)20/h3-6,12,14,20-21,24-25H,7-9H2,1-2H3/t12-,14-,20+,21-/m0/s1. The number of esters is 1. The molecule has 4 atom stereocenters. The Morgan fingerprint density at radius 2 is 1.57 bits per heavy atom. The second kappa shape index (κ2) is 6.98. The van der Waals surface area contributed by atoms with Crippen molar-refractivity contribution >= 4 is 5.97 Å². The lowest BCUT2D eigenvalue weighted by atomic mass is 9.63. The molecule has 30 heavy (non-hydrogen) atoms. The van der Waals surface area contributed by atoms with Gasteiger partial charge in [0.15, 0.2) is 23.0 Å². The lowest BCUT2D eigenvalue weighted by Gasteiger charge is -2.44. The zero-order chi connectivity index (χ0) is 21.0. The number of cyclic esters (lactones) is 1. The summed E-state index contributed by atoms with van der Waals surface area (Å²) < 4.78 is 27.0. The first-order valence-electron chi connectivity index (χ1n) is 9.73. The summed E-state index contributed by atoms with van der Waals surface area (Å²) >= 11 is 0. The van der Waals surface area contributed by atoms with E-state index < -0.39 is 6.10 Å². The van der Waals surface area contributed by atoms with Gasteiger partial charge in [-0.2, -0.15) is 0 Å². The number of hydrogen-bond acceptors (Lipinski definition) is 8. The summed E-state index contributed by atoms with van der Waals surface area (Å²) in [6, 6.07) is 7.15. The van der Waals surface area contributed by atoms with Crippen LogP contribution in [0.25, 0.3) is 0 Å². The second-order valence-corrected chi connectivity index (χ2v) is 7.75. The Morgan fingerprint density at radius 1 is 0.933 bits per heavy atom. The molecule has 2 aliphatic heterocycles. The molecule has 3 aliphatic rings. The molecule has 0 unspecified atom stereocenters. The molecule has 158 valence electrons. The monoisotopic (exact) mass is 414 g/mol. The number of phenols is 1. The van der Waals surface area contributed by atoms with E-state index in [0.29, 0.717) is 11.5 Å². The molecule has 2 heterocycles. The molecular formula is C22H22O8. The number of phenolic OH excluding ortho intramolecular Hbond substituents is 1. The number of hydrogen-bond donors (Lipinski definition) is 2. The maximum absolute atomic E-state index is 12.2. The molecule has 0 aromatic heterocycles. The SMILES string of the molecule is COc1cc([C@@H]2c3cc4c(cc3[C@H](O)[C@H]3COC(=O)C[C@H]23)OCO4)cc(OC)c1O. The fourth-order valence-electron chi connectivity index (χ4n) is 4.89. The van der Waals surface area contributed by atoms with Gasteiger partial charge in [-0.1, -0.05) is 0 Å². The van der Waals surface area contributed by atoms with Gasteiger partial charge in [-0.15, -0.1) is 0 Å². The van der Waals surface area contributed by atoms with Crippen molar-refractivity contribution in [3.63, 3.8) is 0 Å². The van der Waals surface area contributed by atoms with Crippen LogP contribution < -0.4 is 18.9 Å². The number of aromatic hydroxyl groups is 1.